The van der Waals surface area contributed by atoms with E-state index in [9.17, 15) is 19.2 Å². The van der Waals surface area contributed by atoms with Crippen LogP contribution >= 0.6 is 0 Å². The van der Waals surface area contributed by atoms with E-state index in [0.29, 0.717) is 43.1 Å². The highest BCUT2D eigenvalue weighted by Crippen LogP contribution is 2.65. The lowest BCUT2D eigenvalue weighted by Crippen LogP contribution is -2.44. The zero-order chi connectivity index (χ0) is 22.9. The highest BCUT2D eigenvalue weighted by atomic mass is 16.5. The number of imide groups is 1. The Morgan fingerprint density at radius 2 is 1.48 bits per heavy atom. The van der Waals surface area contributed by atoms with E-state index in [-0.39, 0.29) is 65.8 Å². The number of carbonyl (C=O) groups is 4. The van der Waals surface area contributed by atoms with E-state index >= 15 is 0 Å². The normalized spacial score (nSPS) is 38.2. The van der Waals surface area contributed by atoms with E-state index in [4.69, 9.17) is 4.74 Å². The second-order valence-corrected chi connectivity index (χ2v) is 10.6. The number of carbonyl (C=O) groups excluding carboxylic acids is 4. The number of likely N-dealkylation sites (tertiary alicyclic amines) is 1. The molecule has 6 nitrogen and oxygen atoms in total. The minimum absolute atomic E-state index is 0.0180. The number of hydrogen-bond donors (Lipinski definition) is 0. The Labute approximate surface area is 193 Å². The van der Waals surface area contributed by atoms with Gasteiger partial charge in [-0.2, -0.15) is 0 Å². The van der Waals surface area contributed by atoms with Gasteiger partial charge in [0, 0.05) is 11.6 Å². The molecule has 3 saturated carbocycles. The number of allylic oxidation sites excluding steroid dienone is 2. The van der Waals surface area contributed by atoms with Gasteiger partial charge >= 0.3 is 5.97 Å². The maximum Gasteiger partial charge on any atom is 0.309 e. The standard InChI is InChI=1S/C27H29NO5/c1-14-2-4-15(5-3-14)22(29)13-33-27(32)16-6-8-17(9-7-16)28-25(30)23-18-10-11-19(21-12-20(18)21)24(23)26(28)31/h2-5,10-11,16-21,23-24H,6-9,12-13H2,1H3/t16?,17?,18-,19+,20-,21-,23+,24+/m1/s1. The van der Waals surface area contributed by atoms with E-state index in [1.54, 1.807) is 17.0 Å². The summed E-state index contributed by atoms with van der Waals surface area (Å²) in [4.78, 5) is 53.0. The van der Waals surface area contributed by atoms with Crippen molar-refractivity contribution in [2.75, 3.05) is 6.61 Å². The first-order valence-corrected chi connectivity index (χ1v) is 12.3. The maximum absolute atomic E-state index is 13.3. The van der Waals surface area contributed by atoms with Crippen molar-refractivity contribution in [1.82, 2.24) is 4.90 Å². The Bertz CT molecular complexity index is 1010. The van der Waals surface area contributed by atoms with Crippen LogP contribution < -0.4 is 0 Å². The summed E-state index contributed by atoms with van der Waals surface area (Å²) in [6, 6.07) is 7.08. The first-order chi connectivity index (χ1) is 15.9. The predicted molar refractivity (Wildman–Crippen MR) is 119 cm³/mol. The number of amides is 2. The molecule has 2 amide bonds. The van der Waals surface area contributed by atoms with Gasteiger partial charge in [-0.15, -0.1) is 0 Å². The van der Waals surface area contributed by atoms with Gasteiger partial charge in [0.1, 0.15) is 0 Å². The summed E-state index contributed by atoms with van der Waals surface area (Å²) in [6.45, 7) is 1.69. The Kier molecular flexibility index (Phi) is 4.82. The third-order valence-corrected chi connectivity index (χ3v) is 8.81. The van der Waals surface area contributed by atoms with Crippen LogP contribution in [0.5, 0.6) is 0 Å². The molecule has 0 aromatic heterocycles. The van der Waals surface area contributed by atoms with Gasteiger partial charge in [-0.3, -0.25) is 24.1 Å². The minimum atomic E-state index is -0.357. The molecule has 1 aromatic carbocycles. The average molecular weight is 448 g/mol. The van der Waals surface area contributed by atoms with Crippen molar-refractivity contribution in [2.24, 2.45) is 41.4 Å². The molecule has 1 saturated heterocycles. The molecule has 0 spiro atoms. The molecule has 6 aliphatic rings. The molecule has 6 heteroatoms. The quantitative estimate of drug-likeness (QED) is 0.299. The van der Waals surface area contributed by atoms with Crippen LogP contribution in [0.15, 0.2) is 36.4 Å². The van der Waals surface area contributed by atoms with Crippen molar-refractivity contribution in [3.05, 3.63) is 47.5 Å². The summed E-state index contributed by atoms with van der Waals surface area (Å²) in [5, 5.41) is 0. The first kappa shape index (κ1) is 20.8. The third-order valence-electron chi connectivity index (χ3n) is 8.81. The van der Waals surface area contributed by atoms with Crippen LogP contribution in [0.25, 0.3) is 0 Å². The van der Waals surface area contributed by atoms with Gasteiger partial charge in [0.05, 0.1) is 17.8 Å². The lowest BCUT2D eigenvalue weighted by Gasteiger charge is -2.37. The number of ether oxygens (including phenoxy) is 1. The summed E-state index contributed by atoms with van der Waals surface area (Å²) < 4.78 is 5.32. The van der Waals surface area contributed by atoms with Crippen molar-refractivity contribution in [3.8, 4) is 0 Å². The topological polar surface area (TPSA) is 80.8 Å². The summed E-state index contributed by atoms with van der Waals surface area (Å²) >= 11 is 0. The van der Waals surface area contributed by atoms with Gasteiger partial charge in [-0.05, 0) is 62.7 Å². The highest BCUT2D eigenvalue weighted by molar-refractivity contribution is 6.06. The Morgan fingerprint density at radius 3 is 2.06 bits per heavy atom. The molecular formula is C27H29NO5. The summed E-state index contributed by atoms with van der Waals surface area (Å²) in [5.41, 5.74) is 1.60. The van der Waals surface area contributed by atoms with Crippen LogP contribution in [0.3, 0.4) is 0 Å². The monoisotopic (exact) mass is 447 g/mol. The van der Waals surface area contributed by atoms with Crippen LogP contribution in [0, 0.1) is 48.3 Å². The fourth-order valence-corrected chi connectivity index (χ4v) is 6.99. The number of ketones is 1. The Balaban J connectivity index is 1.04. The predicted octanol–water partition coefficient (Wildman–Crippen LogP) is 3.33. The smallest absolute Gasteiger partial charge is 0.309 e. The number of aryl methyl sites for hydroxylation is 1. The minimum Gasteiger partial charge on any atom is -0.457 e. The van der Waals surface area contributed by atoms with Gasteiger partial charge in [-0.1, -0.05) is 42.0 Å². The summed E-state index contributed by atoms with van der Waals surface area (Å²) in [5.74, 6) is 0.544. The lowest BCUT2D eigenvalue weighted by atomic mass is 9.63. The maximum atomic E-state index is 13.3. The molecular weight excluding hydrogens is 418 g/mol. The van der Waals surface area contributed by atoms with E-state index in [2.05, 4.69) is 12.2 Å². The molecule has 172 valence electrons. The molecule has 1 heterocycles. The summed E-state index contributed by atoms with van der Waals surface area (Å²) in [7, 11) is 0. The Hall–Kier alpha value is -2.76. The van der Waals surface area contributed by atoms with Gasteiger partial charge < -0.3 is 4.74 Å². The molecule has 0 radical (unpaired) electrons. The number of rotatable bonds is 5. The van der Waals surface area contributed by atoms with Crippen LogP contribution in [-0.4, -0.2) is 41.1 Å². The van der Waals surface area contributed by atoms with Gasteiger partial charge in [-0.25, -0.2) is 0 Å². The average Bonchev–Trinajstić information content (AvgIpc) is 3.61. The largest absolute Gasteiger partial charge is 0.457 e. The van der Waals surface area contributed by atoms with Gasteiger partial charge in [0.15, 0.2) is 12.4 Å². The fourth-order valence-electron chi connectivity index (χ4n) is 6.99. The molecule has 7 rings (SSSR count). The number of nitrogens with zero attached hydrogens (tertiary/aromatic N) is 1. The summed E-state index contributed by atoms with van der Waals surface area (Å²) in [6.07, 6.45) is 7.95. The van der Waals surface area contributed by atoms with E-state index in [1.807, 2.05) is 19.1 Å². The lowest BCUT2D eigenvalue weighted by molar-refractivity contribution is -0.149. The van der Waals surface area contributed by atoms with Gasteiger partial charge in [0.2, 0.25) is 11.8 Å². The van der Waals surface area contributed by atoms with Crippen molar-refractivity contribution in [1.29, 1.82) is 0 Å². The molecule has 2 bridgehead atoms. The Morgan fingerprint density at radius 1 is 0.909 bits per heavy atom. The molecule has 1 aromatic rings. The van der Waals surface area contributed by atoms with Gasteiger partial charge in [0.25, 0.3) is 0 Å². The SMILES string of the molecule is Cc1ccc(C(=O)COC(=O)C2CCC(N3C(=O)[C@H]4[C@@H]5C=C[C@@H]([C@H]6C[C@H]56)[C@@H]4C3=O)CC2)cc1. The zero-order valence-corrected chi connectivity index (χ0v) is 18.8. The van der Waals surface area contributed by atoms with Crippen molar-refractivity contribution >= 4 is 23.6 Å². The van der Waals surface area contributed by atoms with E-state index in [1.165, 1.54) is 0 Å². The molecule has 6 atom stereocenters. The second kappa shape index (κ2) is 7.64. The molecule has 4 fully saturated rings. The number of Topliss-reactive ketones (excluding diaryl/α,β-unsaturated/α-hetero) is 1. The first-order valence-electron chi connectivity index (χ1n) is 12.3. The molecule has 5 aliphatic carbocycles. The van der Waals surface area contributed by atoms with E-state index in [0.717, 1.165) is 12.0 Å². The van der Waals surface area contributed by atoms with Crippen LogP contribution in [0.4, 0.5) is 0 Å². The van der Waals surface area contributed by atoms with Crippen molar-refractivity contribution < 1.29 is 23.9 Å². The van der Waals surface area contributed by atoms with Crippen LogP contribution in [0.2, 0.25) is 0 Å². The zero-order valence-electron chi connectivity index (χ0n) is 18.8. The number of hydrogen-bond acceptors (Lipinski definition) is 5. The fraction of sp³-hybridized carbons (Fsp3) is 0.556. The van der Waals surface area contributed by atoms with Crippen molar-refractivity contribution in [3.63, 3.8) is 0 Å². The highest BCUT2D eigenvalue weighted by Gasteiger charge is 2.67. The van der Waals surface area contributed by atoms with Crippen LogP contribution in [0.1, 0.15) is 48.0 Å². The van der Waals surface area contributed by atoms with Crippen molar-refractivity contribution in [2.45, 2.75) is 45.1 Å². The molecule has 0 N–H and O–H groups in total. The number of esters is 1. The third kappa shape index (κ3) is 3.29. The molecule has 1 aliphatic heterocycles. The second-order valence-electron chi connectivity index (χ2n) is 10.6. The van der Waals surface area contributed by atoms with E-state index < -0.39 is 0 Å². The molecule has 0 unspecified atom stereocenters. The van der Waals surface area contributed by atoms with Crippen LogP contribution in [-0.2, 0) is 19.1 Å². The number of benzene rings is 1. The molecule has 33 heavy (non-hydrogen) atoms.